The molecule has 9 heteroatoms. The van der Waals surface area contributed by atoms with E-state index in [1.54, 1.807) is 28.0 Å². The normalized spacial score (nSPS) is 14.2. The molecular weight excluding hydrogens is 378 g/mol. The number of carbonyl (C=O) groups is 1. The van der Waals surface area contributed by atoms with Crippen molar-refractivity contribution in [2.75, 3.05) is 36.4 Å². The molecule has 4 rings (SSSR count). The molecule has 28 heavy (non-hydrogen) atoms. The molecule has 3 heterocycles. The van der Waals surface area contributed by atoms with Gasteiger partial charge in [-0.2, -0.15) is 5.10 Å². The van der Waals surface area contributed by atoms with Crippen molar-refractivity contribution in [3.8, 4) is 5.82 Å². The number of rotatable bonds is 3. The monoisotopic (exact) mass is 397 g/mol. The lowest BCUT2D eigenvalue weighted by Gasteiger charge is -2.35. The largest absolute Gasteiger partial charge is 0.353 e. The van der Waals surface area contributed by atoms with Crippen LogP contribution in [0.4, 0.5) is 16.3 Å². The van der Waals surface area contributed by atoms with Gasteiger partial charge in [0.1, 0.15) is 12.1 Å². The minimum atomic E-state index is -0.127. The first kappa shape index (κ1) is 18.2. The number of piperazine rings is 1. The molecule has 0 aliphatic carbocycles. The Morgan fingerprint density at radius 2 is 1.86 bits per heavy atom. The molecule has 1 aliphatic heterocycles. The molecule has 0 saturated carbocycles. The highest BCUT2D eigenvalue weighted by atomic mass is 35.5. The summed E-state index contributed by atoms with van der Waals surface area (Å²) in [5, 5.41) is 7.86. The lowest BCUT2D eigenvalue weighted by atomic mass is 10.3. The van der Waals surface area contributed by atoms with Crippen LogP contribution in [0.15, 0.2) is 48.9 Å². The standard InChI is InChI=1S/C19H20ClN7O/c1-14-5-6-27(24-14)18-12-17(21-13-22-18)25-7-9-26(10-8-25)19(28)23-16-4-2-3-15(20)11-16/h2-6,11-13H,7-10H2,1H3,(H,23,28). The Bertz CT molecular complexity index is 982. The molecule has 0 spiro atoms. The Kier molecular flexibility index (Phi) is 5.12. The van der Waals surface area contributed by atoms with Crippen LogP contribution in [0, 0.1) is 6.92 Å². The number of aromatic nitrogens is 4. The van der Waals surface area contributed by atoms with Gasteiger partial charge in [0.05, 0.1) is 5.69 Å². The SMILES string of the molecule is Cc1ccn(-c2cc(N3CCN(C(=O)Nc4cccc(Cl)c4)CC3)ncn2)n1. The van der Waals surface area contributed by atoms with Gasteiger partial charge in [0.15, 0.2) is 5.82 Å². The number of hydrogen-bond acceptors (Lipinski definition) is 5. The number of halogens is 1. The summed E-state index contributed by atoms with van der Waals surface area (Å²) in [6.07, 6.45) is 3.42. The van der Waals surface area contributed by atoms with E-state index in [0.717, 1.165) is 17.3 Å². The molecule has 0 radical (unpaired) electrons. The summed E-state index contributed by atoms with van der Waals surface area (Å²) >= 11 is 5.97. The van der Waals surface area contributed by atoms with Gasteiger partial charge >= 0.3 is 6.03 Å². The zero-order valence-corrected chi connectivity index (χ0v) is 16.2. The molecule has 144 valence electrons. The van der Waals surface area contributed by atoms with Crippen LogP contribution < -0.4 is 10.2 Å². The van der Waals surface area contributed by atoms with Gasteiger partial charge in [-0.15, -0.1) is 0 Å². The molecule has 3 aromatic rings. The van der Waals surface area contributed by atoms with E-state index in [9.17, 15) is 4.79 Å². The molecule has 0 bridgehead atoms. The fraction of sp³-hybridized carbons (Fsp3) is 0.263. The molecular formula is C19H20ClN7O. The Morgan fingerprint density at radius 1 is 1.07 bits per heavy atom. The van der Waals surface area contributed by atoms with Gasteiger partial charge in [0, 0.05) is 49.2 Å². The molecule has 0 atom stereocenters. The maximum atomic E-state index is 12.5. The van der Waals surface area contributed by atoms with E-state index in [1.165, 1.54) is 0 Å². The molecule has 1 aliphatic rings. The number of nitrogens with one attached hydrogen (secondary N) is 1. The van der Waals surface area contributed by atoms with Crippen LogP contribution in [0.1, 0.15) is 5.69 Å². The molecule has 1 N–H and O–H groups in total. The summed E-state index contributed by atoms with van der Waals surface area (Å²) in [5.41, 5.74) is 1.62. The Balaban J connectivity index is 1.38. The molecule has 2 amide bonds. The van der Waals surface area contributed by atoms with Crippen molar-refractivity contribution in [1.82, 2.24) is 24.6 Å². The average molecular weight is 398 g/mol. The number of benzene rings is 1. The second kappa shape index (κ2) is 7.85. The van der Waals surface area contributed by atoms with Crippen molar-refractivity contribution >= 4 is 29.1 Å². The third kappa shape index (κ3) is 4.07. The van der Waals surface area contributed by atoms with Crippen LogP contribution in [-0.2, 0) is 0 Å². The molecule has 0 unspecified atom stereocenters. The Hall–Kier alpha value is -3.13. The first-order valence-electron chi connectivity index (χ1n) is 8.99. The van der Waals surface area contributed by atoms with Gasteiger partial charge in [-0.05, 0) is 31.2 Å². The average Bonchev–Trinajstić information content (AvgIpc) is 3.15. The van der Waals surface area contributed by atoms with Crippen LogP contribution in [0.2, 0.25) is 5.02 Å². The predicted octanol–water partition coefficient (Wildman–Crippen LogP) is 2.98. The zero-order chi connectivity index (χ0) is 19.5. The van der Waals surface area contributed by atoms with Gasteiger partial charge in [-0.25, -0.2) is 19.4 Å². The van der Waals surface area contributed by atoms with E-state index < -0.39 is 0 Å². The van der Waals surface area contributed by atoms with Crippen LogP contribution in [0.3, 0.4) is 0 Å². The third-order valence-electron chi connectivity index (χ3n) is 4.56. The lowest BCUT2D eigenvalue weighted by molar-refractivity contribution is 0.208. The van der Waals surface area contributed by atoms with Gasteiger partial charge in [0.2, 0.25) is 0 Å². The van der Waals surface area contributed by atoms with E-state index in [4.69, 9.17) is 11.6 Å². The number of hydrogen-bond donors (Lipinski definition) is 1. The van der Waals surface area contributed by atoms with Crippen LogP contribution in [0.5, 0.6) is 0 Å². The first-order chi connectivity index (χ1) is 13.6. The van der Waals surface area contributed by atoms with Gasteiger partial charge in [-0.3, -0.25) is 0 Å². The lowest BCUT2D eigenvalue weighted by Crippen LogP contribution is -2.50. The van der Waals surface area contributed by atoms with E-state index in [1.807, 2.05) is 37.4 Å². The summed E-state index contributed by atoms with van der Waals surface area (Å²) in [5.74, 6) is 1.55. The van der Waals surface area contributed by atoms with Crippen LogP contribution in [0.25, 0.3) is 5.82 Å². The van der Waals surface area contributed by atoms with Crippen molar-refractivity contribution < 1.29 is 4.79 Å². The zero-order valence-electron chi connectivity index (χ0n) is 15.4. The highest BCUT2D eigenvalue weighted by Crippen LogP contribution is 2.18. The van der Waals surface area contributed by atoms with Gasteiger partial charge in [0.25, 0.3) is 0 Å². The first-order valence-corrected chi connectivity index (χ1v) is 9.37. The number of aryl methyl sites for hydroxylation is 1. The van der Waals surface area contributed by atoms with E-state index >= 15 is 0 Å². The van der Waals surface area contributed by atoms with Crippen molar-refractivity contribution in [2.24, 2.45) is 0 Å². The molecule has 1 fully saturated rings. The number of carbonyl (C=O) groups excluding carboxylic acids is 1. The quantitative estimate of drug-likeness (QED) is 0.735. The highest BCUT2D eigenvalue weighted by Gasteiger charge is 2.22. The summed E-state index contributed by atoms with van der Waals surface area (Å²) in [6.45, 7) is 4.53. The maximum absolute atomic E-state index is 12.5. The second-order valence-electron chi connectivity index (χ2n) is 6.55. The number of nitrogens with zero attached hydrogens (tertiary/aromatic N) is 6. The summed E-state index contributed by atoms with van der Waals surface area (Å²) in [4.78, 5) is 25.1. The van der Waals surface area contributed by atoms with Crippen LogP contribution in [-0.4, -0.2) is 56.9 Å². The number of urea groups is 1. The molecule has 8 nitrogen and oxygen atoms in total. The smallest absolute Gasteiger partial charge is 0.321 e. The maximum Gasteiger partial charge on any atom is 0.321 e. The predicted molar refractivity (Wildman–Crippen MR) is 108 cm³/mol. The summed E-state index contributed by atoms with van der Waals surface area (Å²) in [7, 11) is 0. The molecule has 1 aromatic carbocycles. The van der Waals surface area contributed by atoms with Crippen molar-refractivity contribution in [3.63, 3.8) is 0 Å². The summed E-state index contributed by atoms with van der Waals surface area (Å²) < 4.78 is 1.73. The Morgan fingerprint density at radius 3 is 2.57 bits per heavy atom. The van der Waals surface area contributed by atoms with Crippen molar-refractivity contribution in [3.05, 3.63) is 59.6 Å². The fourth-order valence-electron chi connectivity index (χ4n) is 3.09. The molecule has 2 aromatic heterocycles. The third-order valence-corrected chi connectivity index (χ3v) is 4.80. The van der Waals surface area contributed by atoms with Crippen LogP contribution >= 0.6 is 11.6 Å². The van der Waals surface area contributed by atoms with E-state index in [0.29, 0.717) is 36.9 Å². The van der Waals surface area contributed by atoms with Crippen molar-refractivity contribution in [2.45, 2.75) is 6.92 Å². The van der Waals surface area contributed by atoms with Gasteiger partial charge < -0.3 is 15.1 Å². The Labute approximate surface area is 167 Å². The highest BCUT2D eigenvalue weighted by molar-refractivity contribution is 6.30. The number of amides is 2. The van der Waals surface area contributed by atoms with Crippen molar-refractivity contribution in [1.29, 1.82) is 0 Å². The topological polar surface area (TPSA) is 79.2 Å². The number of anilines is 2. The second-order valence-corrected chi connectivity index (χ2v) is 6.99. The van der Waals surface area contributed by atoms with E-state index in [-0.39, 0.29) is 6.03 Å². The minimum absolute atomic E-state index is 0.127. The van der Waals surface area contributed by atoms with E-state index in [2.05, 4.69) is 25.3 Å². The minimum Gasteiger partial charge on any atom is -0.353 e. The summed E-state index contributed by atoms with van der Waals surface area (Å²) in [6, 6.07) is 10.8. The fourth-order valence-corrected chi connectivity index (χ4v) is 3.28. The molecule has 1 saturated heterocycles. The van der Waals surface area contributed by atoms with Gasteiger partial charge in [-0.1, -0.05) is 17.7 Å².